The van der Waals surface area contributed by atoms with E-state index >= 15 is 0 Å². The Kier molecular flexibility index (Phi) is 5.36. The van der Waals surface area contributed by atoms with Crippen molar-refractivity contribution in [1.29, 1.82) is 0 Å². The molecular formula is C15H20BrN3O2. The van der Waals surface area contributed by atoms with Crippen LogP contribution in [0.25, 0.3) is 0 Å². The zero-order valence-electron chi connectivity index (χ0n) is 11.7. The summed E-state index contributed by atoms with van der Waals surface area (Å²) in [5.41, 5.74) is 11.8. The maximum atomic E-state index is 12.4. The molecule has 1 aromatic rings. The van der Waals surface area contributed by atoms with Crippen molar-refractivity contribution in [2.24, 2.45) is 23.3 Å². The Hall–Kier alpha value is -1.40. The molecule has 0 spiro atoms. The second kappa shape index (κ2) is 7.04. The molecule has 0 aromatic heterocycles. The molecule has 0 saturated heterocycles. The number of primary amides is 1. The van der Waals surface area contributed by atoms with Gasteiger partial charge in [-0.05, 0) is 43.0 Å². The van der Waals surface area contributed by atoms with Crippen molar-refractivity contribution in [2.45, 2.75) is 25.3 Å². The van der Waals surface area contributed by atoms with Crippen molar-refractivity contribution in [3.63, 3.8) is 0 Å². The molecule has 1 aliphatic rings. The number of carbonyl (C=O) groups excluding carboxylic acids is 2. The average molecular weight is 354 g/mol. The van der Waals surface area contributed by atoms with E-state index in [9.17, 15) is 9.59 Å². The van der Waals surface area contributed by atoms with Crippen molar-refractivity contribution in [2.75, 3.05) is 6.54 Å². The van der Waals surface area contributed by atoms with Crippen LogP contribution in [0.15, 0.2) is 28.7 Å². The van der Waals surface area contributed by atoms with Gasteiger partial charge in [0.25, 0.3) is 0 Å². The first-order chi connectivity index (χ1) is 10.0. The molecule has 5 nitrogen and oxygen atoms in total. The first-order valence-electron chi connectivity index (χ1n) is 7.08. The van der Waals surface area contributed by atoms with Crippen molar-refractivity contribution in [3.8, 4) is 0 Å². The van der Waals surface area contributed by atoms with Gasteiger partial charge in [-0.2, -0.15) is 0 Å². The number of nitrogens with one attached hydrogen (secondary N) is 1. The van der Waals surface area contributed by atoms with Gasteiger partial charge in [0, 0.05) is 10.4 Å². The van der Waals surface area contributed by atoms with Crippen molar-refractivity contribution < 1.29 is 9.59 Å². The highest BCUT2D eigenvalue weighted by Crippen LogP contribution is 2.31. The zero-order valence-corrected chi connectivity index (χ0v) is 13.3. The van der Waals surface area contributed by atoms with E-state index in [4.69, 9.17) is 11.5 Å². The smallest absolute Gasteiger partial charge is 0.244 e. The molecule has 6 heteroatoms. The van der Waals surface area contributed by atoms with E-state index in [-0.39, 0.29) is 17.7 Å². The van der Waals surface area contributed by atoms with Gasteiger partial charge in [0.05, 0.1) is 0 Å². The summed E-state index contributed by atoms with van der Waals surface area (Å²) in [6.07, 6.45) is 2.78. The van der Waals surface area contributed by atoms with E-state index in [2.05, 4.69) is 21.2 Å². The molecule has 1 aromatic carbocycles. The van der Waals surface area contributed by atoms with Gasteiger partial charge in [-0.25, -0.2) is 0 Å². The summed E-state index contributed by atoms with van der Waals surface area (Å²) in [6.45, 7) is 0.496. The van der Waals surface area contributed by atoms with Gasteiger partial charge in [-0.15, -0.1) is 0 Å². The lowest BCUT2D eigenvalue weighted by atomic mass is 9.94. The van der Waals surface area contributed by atoms with Crippen molar-refractivity contribution in [3.05, 3.63) is 34.3 Å². The summed E-state index contributed by atoms with van der Waals surface area (Å²) in [7, 11) is 0. The largest absolute Gasteiger partial charge is 0.368 e. The molecule has 114 valence electrons. The van der Waals surface area contributed by atoms with Crippen LogP contribution in [0.2, 0.25) is 0 Å². The number of carbonyl (C=O) groups is 2. The van der Waals surface area contributed by atoms with Crippen LogP contribution in [0.4, 0.5) is 0 Å². The van der Waals surface area contributed by atoms with Crippen LogP contribution < -0.4 is 16.8 Å². The molecule has 2 rings (SSSR count). The number of benzene rings is 1. The highest BCUT2D eigenvalue weighted by atomic mass is 79.9. The minimum atomic E-state index is -0.811. The number of halogens is 1. The second-order valence-corrected chi connectivity index (χ2v) is 6.35. The number of amides is 2. The minimum absolute atomic E-state index is 0.121. The minimum Gasteiger partial charge on any atom is -0.368 e. The van der Waals surface area contributed by atoms with E-state index in [0.717, 1.165) is 23.7 Å². The highest BCUT2D eigenvalue weighted by Gasteiger charge is 2.34. The lowest BCUT2D eigenvalue weighted by molar-refractivity contribution is -0.130. The summed E-state index contributed by atoms with van der Waals surface area (Å²) < 4.78 is 0.834. The third kappa shape index (κ3) is 3.83. The van der Waals surface area contributed by atoms with Gasteiger partial charge in [-0.1, -0.05) is 34.5 Å². The van der Waals surface area contributed by atoms with Crippen LogP contribution in [-0.4, -0.2) is 18.4 Å². The van der Waals surface area contributed by atoms with Gasteiger partial charge in [0.2, 0.25) is 11.8 Å². The maximum absolute atomic E-state index is 12.4. The van der Waals surface area contributed by atoms with Crippen LogP contribution in [-0.2, 0) is 9.59 Å². The average Bonchev–Trinajstić information content (AvgIpc) is 2.92. The fraction of sp³-hybridized carbons (Fsp3) is 0.467. The monoisotopic (exact) mass is 353 g/mol. The summed E-state index contributed by atoms with van der Waals surface area (Å²) >= 11 is 3.35. The molecule has 3 atom stereocenters. The third-order valence-corrected chi connectivity index (χ3v) is 4.54. The summed E-state index contributed by atoms with van der Waals surface area (Å²) in [5, 5.41) is 2.78. The molecule has 0 bridgehead atoms. The second-order valence-electron chi connectivity index (χ2n) is 5.43. The summed E-state index contributed by atoms with van der Waals surface area (Å²) in [5.74, 6) is -0.625. The molecule has 1 aliphatic carbocycles. The lowest BCUT2D eigenvalue weighted by Crippen LogP contribution is -2.42. The van der Waals surface area contributed by atoms with E-state index in [1.807, 2.05) is 6.07 Å². The quantitative estimate of drug-likeness (QED) is 0.747. The Bertz CT molecular complexity index is 535. The van der Waals surface area contributed by atoms with Crippen LogP contribution in [0.5, 0.6) is 0 Å². The standard InChI is InChI=1S/C15H20BrN3O2/c16-11-5-1-3-9(7-11)13(14(18)20)19-15(21)12-6-2-4-10(12)8-17/h1,3,5,7,10,12-13H,2,4,6,8,17H2,(H2,18,20)(H,19,21)/t10-,12-,13?/m1/s1. The third-order valence-electron chi connectivity index (χ3n) is 4.05. The Morgan fingerprint density at radius 1 is 1.38 bits per heavy atom. The van der Waals surface area contributed by atoms with Gasteiger partial charge in [0.15, 0.2) is 0 Å². The Morgan fingerprint density at radius 3 is 2.76 bits per heavy atom. The topological polar surface area (TPSA) is 98.2 Å². The molecule has 0 heterocycles. The van der Waals surface area contributed by atoms with E-state index in [0.29, 0.717) is 12.1 Å². The van der Waals surface area contributed by atoms with Gasteiger partial charge < -0.3 is 16.8 Å². The molecule has 5 N–H and O–H groups in total. The van der Waals surface area contributed by atoms with Gasteiger partial charge in [0.1, 0.15) is 6.04 Å². The predicted molar refractivity (Wildman–Crippen MR) is 84.1 cm³/mol. The predicted octanol–water partition coefficient (Wildman–Crippen LogP) is 1.47. The fourth-order valence-electron chi connectivity index (χ4n) is 2.92. The molecule has 0 aliphatic heterocycles. The molecule has 1 saturated carbocycles. The zero-order chi connectivity index (χ0) is 15.4. The highest BCUT2D eigenvalue weighted by molar-refractivity contribution is 9.10. The molecule has 1 unspecified atom stereocenters. The van der Waals surface area contributed by atoms with Crippen molar-refractivity contribution >= 4 is 27.7 Å². The SMILES string of the molecule is NC[C@H]1CCC[C@H]1C(=O)NC(C(N)=O)c1cccc(Br)c1. The van der Waals surface area contributed by atoms with Crippen LogP contribution >= 0.6 is 15.9 Å². The molecular weight excluding hydrogens is 334 g/mol. The summed E-state index contributed by atoms with van der Waals surface area (Å²) in [4.78, 5) is 24.1. The Labute approximate surface area is 132 Å². The number of rotatable bonds is 5. The van der Waals surface area contributed by atoms with Crippen LogP contribution in [0.1, 0.15) is 30.9 Å². The van der Waals surface area contributed by atoms with Gasteiger partial charge in [-0.3, -0.25) is 9.59 Å². The molecule has 21 heavy (non-hydrogen) atoms. The number of hydrogen-bond acceptors (Lipinski definition) is 3. The van der Waals surface area contributed by atoms with Crippen LogP contribution in [0.3, 0.4) is 0 Å². The normalized spacial score (nSPS) is 22.8. The summed E-state index contributed by atoms with van der Waals surface area (Å²) in [6, 6.07) is 6.40. The van der Waals surface area contributed by atoms with E-state index in [1.54, 1.807) is 18.2 Å². The fourth-order valence-corrected chi connectivity index (χ4v) is 3.34. The molecule has 0 radical (unpaired) electrons. The number of nitrogens with two attached hydrogens (primary N) is 2. The van der Waals surface area contributed by atoms with Crippen molar-refractivity contribution in [1.82, 2.24) is 5.32 Å². The maximum Gasteiger partial charge on any atom is 0.244 e. The first kappa shape index (κ1) is 16.0. The first-order valence-corrected chi connectivity index (χ1v) is 7.87. The Balaban J connectivity index is 2.13. The molecule has 2 amide bonds. The van der Waals surface area contributed by atoms with E-state index < -0.39 is 11.9 Å². The molecule has 1 fully saturated rings. The lowest BCUT2D eigenvalue weighted by Gasteiger charge is -2.22. The Morgan fingerprint density at radius 2 is 2.14 bits per heavy atom. The number of hydrogen-bond donors (Lipinski definition) is 3. The van der Waals surface area contributed by atoms with E-state index in [1.165, 1.54) is 0 Å². The van der Waals surface area contributed by atoms with Gasteiger partial charge >= 0.3 is 0 Å². The van der Waals surface area contributed by atoms with Crippen LogP contribution in [0, 0.1) is 11.8 Å².